The summed E-state index contributed by atoms with van der Waals surface area (Å²) in [6.45, 7) is 0.948. The lowest BCUT2D eigenvalue weighted by Crippen LogP contribution is -2.54. The third-order valence-electron chi connectivity index (χ3n) is 5.88. The van der Waals surface area contributed by atoms with E-state index in [1.165, 1.54) is 5.56 Å². The van der Waals surface area contributed by atoms with Gasteiger partial charge in [-0.2, -0.15) is 0 Å². The Bertz CT molecular complexity index is 810. The average Bonchev–Trinajstić information content (AvgIpc) is 2.63. The monoisotopic (exact) mass is 341 g/mol. The van der Waals surface area contributed by atoms with E-state index in [9.17, 15) is 4.79 Å². The number of carbonyl (C=O) groups is 1. The van der Waals surface area contributed by atoms with E-state index >= 15 is 0 Å². The predicted octanol–water partition coefficient (Wildman–Crippen LogP) is 2.24. The Balaban J connectivity index is 2.05. The van der Waals surface area contributed by atoms with Gasteiger partial charge in [0.1, 0.15) is 0 Å². The van der Waals surface area contributed by atoms with Gasteiger partial charge in [0.25, 0.3) is 0 Å². The lowest BCUT2D eigenvalue weighted by Gasteiger charge is -2.52. The van der Waals surface area contributed by atoms with Gasteiger partial charge in [-0.1, -0.05) is 6.07 Å². The Morgan fingerprint density at radius 1 is 1.16 bits per heavy atom. The third kappa shape index (κ3) is 2.08. The molecule has 3 aliphatic rings. The highest BCUT2D eigenvalue weighted by atomic mass is 16.5. The highest BCUT2D eigenvalue weighted by molar-refractivity contribution is 6.05. The smallest absolute Gasteiger partial charge is 0.220 e. The average molecular weight is 341 g/mol. The number of likely N-dealkylation sites (N-methyl/N-ethyl adjacent to an activating group) is 1. The first-order valence-electron chi connectivity index (χ1n) is 8.53. The molecule has 5 heteroatoms. The Hall–Kier alpha value is -2.27. The molecule has 25 heavy (non-hydrogen) atoms. The van der Waals surface area contributed by atoms with Gasteiger partial charge in [-0.15, -0.1) is 0 Å². The van der Waals surface area contributed by atoms with Crippen LogP contribution in [0.3, 0.4) is 0 Å². The minimum Gasteiger partial charge on any atom is -0.493 e. The molecule has 1 aromatic rings. The van der Waals surface area contributed by atoms with Crippen molar-refractivity contribution in [3.05, 3.63) is 46.7 Å². The summed E-state index contributed by atoms with van der Waals surface area (Å²) in [5, 5.41) is 0. The third-order valence-corrected chi connectivity index (χ3v) is 5.88. The molecule has 0 spiro atoms. The zero-order valence-electron chi connectivity index (χ0n) is 15.1. The summed E-state index contributed by atoms with van der Waals surface area (Å²) in [6, 6.07) is 4.31. The molecule has 0 N–H and O–H groups in total. The summed E-state index contributed by atoms with van der Waals surface area (Å²) in [4.78, 5) is 14.8. The fourth-order valence-electron chi connectivity index (χ4n) is 4.68. The summed E-state index contributed by atoms with van der Waals surface area (Å²) in [5.41, 5.74) is 3.13. The molecule has 0 aromatic heterocycles. The van der Waals surface area contributed by atoms with E-state index in [1.807, 2.05) is 12.1 Å². The number of ether oxygens (including phenoxy) is 3. The summed E-state index contributed by atoms with van der Waals surface area (Å²) >= 11 is 0. The summed E-state index contributed by atoms with van der Waals surface area (Å²) in [5.74, 6) is 1.83. The van der Waals surface area contributed by atoms with Crippen LogP contribution in [0.25, 0.3) is 0 Å². The van der Waals surface area contributed by atoms with Gasteiger partial charge < -0.3 is 14.2 Å². The number of hydrogen-bond donors (Lipinski definition) is 0. The first-order valence-corrected chi connectivity index (χ1v) is 8.53. The van der Waals surface area contributed by atoms with Crippen molar-refractivity contribution >= 4 is 5.78 Å². The van der Waals surface area contributed by atoms with Gasteiger partial charge in [-0.25, -0.2) is 0 Å². The molecule has 2 bridgehead atoms. The van der Waals surface area contributed by atoms with Crippen molar-refractivity contribution in [2.45, 2.75) is 24.3 Å². The second-order valence-electron chi connectivity index (χ2n) is 6.93. The van der Waals surface area contributed by atoms with Crippen LogP contribution in [0.1, 0.15) is 17.5 Å². The summed E-state index contributed by atoms with van der Waals surface area (Å²) in [6.07, 6.45) is 5.53. The molecule has 2 aliphatic carbocycles. The SMILES string of the molecule is COC1=CC23CCN(C)C(Cc4ccc(OC)c(OC)c42)C3=CC1=O. The lowest BCUT2D eigenvalue weighted by molar-refractivity contribution is -0.114. The first-order chi connectivity index (χ1) is 12.1. The number of hydrogen-bond acceptors (Lipinski definition) is 5. The number of likely N-dealkylation sites (tertiary alicyclic amines) is 1. The minimum absolute atomic E-state index is 0.0567. The van der Waals surface area contributed by atoms with Crippen LogP contribution in [0.2, 0.25) is 0 Å². The van der Waals surface area contributed by atoms with Gasteiger partial charge >= 0.3 is 0 Å². The molecule has 2 atom stereocenters. The van der Waals surface area contributed by atoms with Gasteiger partial charge in [0.15, 0.2) is 17.3 Å². The Labute approximate surface area is 147 Å². The van der Waals surface area contributed by atoms with Crippen LogP contribution in [0.4, 0.5) is 0 Å². The Morgan fingerprint density at radius 2 is 1.96 bits per heavy atom. The first kappa shape index (κ1) is 16.2. The zero-order valence-corrected chi connectivity index (χ0v) is 15.1. The van der Waals surface area contributed by atoms with Crippen molar-refractivity contribution in [2.24, 2.45) is 0 Å². The van der Waals surface area contributed by atoms with E-state index in [0.29, 0.717) is 5.76 Å². The van der Waals surface area contributed by atoms with Crippen molar-refractivity contribution < 1.29 is 19.0 Å². The predicted molar refractivity (Wildman–Crippen MR) is 94.1 cm³/mol. The van der Waals surface area contributed by atoms with E-state index in [2.05, 4.69) is 18.0 Å². The maximum atomic E-state index is 12.5. The van der Waals surface area contributed by atoms with Crippen LogP contribution in [0.5, 0.6) is 11.5 Å². The van der Waals surface area contributed by atoms with E-state index in [-0.39, 0.29) is 17.2 Å². The van der Waals surface area contributed by atoms with Gasteiger partial charge in [-0.3, -0.25) is 9.69 Å². The summed E-state index contributed by atoms with van der Waals surface area (Å²) in [7, 11) is 7.01. The van der Waals surface area contributed by atoms with Crippen molar-refractivity contribution in [1.29, 1.82) is 0 Å². The second-order valence-corrected chi connectivity index (χ2v) is 6.93. The number of ketones is 1. The van der Waals surface area contributed by atoms with Crippen LogP contribution in [-0.4, -0.2) is 51.6 Å². The molecular formula is C20H23NO4. The fourth-order valence-corrected chi connectivity index (χ4v) is 4.68. The molecule has 1 aromatic carbocycles. The molecule has 0 amide bonds. The largest absolute Gasteiger partial charge is 0.493 e. The van der Waals surface area contributed by atoms with E-state index in [4.69, 9.17) is 14.2 Å². The van der Waals surface area contributed by atoms with Crippen molar-refractivity contribution in [3.63, 3.8) is 0 Å². The van der Waals surface area contributed by atoms with E-state index in [1.54, 1.807) is 27.4 Å². The molecule has 5 nitrogen and oxygen atoms in total. The standard InChI is InChI=1S/C20H23NO4/c1-21-8-7-20-11-17(24-3)15(22)10-13(20)14(21)9-12-5-6-16(23-2)19(25-4)18(12)20/h5-6,10-11,14H,7-9H2,1-4H3. The zero-order chi connectivity index (χ0) is 17.8. The summed E-state index contributed by atoms with van der Waals surface area (Å²) < 4.78 is 16.7. The second kappa shape index (κ2) is 5.63. The van der Waals surface area contributed by atoms with Crippen LogP contribution >= 0.6 is 0 Å². The molecule has 0 radical (unpaired) electrons. The molecule has 4 rings (SSSR count). The van der Waals surface area contributed by atoms with Crippen LogP contribution in [-0.2, 0) is 21.4 Å². The van der Waals surface area contributed by atoms with Gasteiger partial charge in [0, 0.05) is 17.0 Å². The number of carbonyl (C=O) groups excluding carboxylic acids is 1. The molecule has 0 saturated carbocycles. The van der Waals surface area contributed by atoms with Crippen molar-refractivity contribution in [1.82, 2.24) is 4.90 Å². The lowest BCUT2D eigenvalue weighted by atomic mass is 9.58. The van der Waals surface area contributed by atoms with Gasteiger partial charge in [-0.05, 0) is 55.8 Å². The highest BCUT2D eigenvalue weighted by Crippen LogP contribution is 2.55. The molecule has 1 heterocycles. The highest BCUT2D eigenvalue weighted by Gasteiger charge is 2.52. The maximum absolute atomic E-state index is 12.5. The van der Waals surface area contributed by atoms with E-state index in [0.717, 1.165) is 42.0 Å². The molecule has 2 unspecified atom stereocenters. The Kier molecular flexibility index (Phi) is 3.65. The van der Waals surface area contributed by atoms with Gasteiger partial charge in [0.2, 0.25) is 5.78 Å². The molecule has 1 fully saturated rings. The van der Waals surface area contributed by atoms with Crippen LogP contribution in [0, 0.1) is 0 Å². The molecule has 1 aliphatic heterocycles. The van der Waals surface area contributed by atoms with Crippen molar-refractivity contribution in [3.8, 4) is 11.5 Å². The quantitative estimate of drug-likeness (QED) is 0.844. The number of allylic oxidation sites excluding steroid dienone is 2. The molecule has 1 saturated heterocycles. The topological polar surface area (TPSA) is 48.0 Å². The molecular weight excluding hydrogens is 318 g/mol. The fraction of sp³-hybridized carbons (Fsp3) is 0.450. The number of rotatable bonds is 3. The van der Waals surface area contributed by atoms with Gasteiger partial charge in [0.05, 0.1) is 21.3 Å². The van der Waals surface area contributed by atoms with Crippen molar-refractivity contribution in [2.75, 3.05) is 34.9 Å². The molecule has 132 valence electrons. The number of piperidine rings is 1. The number of benzene rings is 1. The van der Waals surface area contributed by atoms with Crippen LogP contribution in [0.15, 0.2) is 35.6 Å². The number of fused-ring (bicyclic) bond motifs is 1. The minimum atomic E-state index is -0.371. The number of methoxy groups -OCH3 is 3. The van der Waals surface area contributed by atoms with Crippen LogP contribution < -0.4 is 9.47 Å². The Morgan fingerprint density at radius 3 is 2.64 bits per heavy atom. The van der Waals surface area contributed by atoms with E-state index < -0.39 is 0 Å². The maximum Gasteiger partial charge on any atom is 0.220 e. The number of nitrogens with zero attached hydrogens (tertiary/aromatic N) is 1. The normalized spacial score (nSPS) is 27.7.